The van der Waals surface area contributed by atoms with Gasteiger partial charge < -0.3 is 20.1 Å². The van der Waals surface area contributed by atoms with E-state index in [4.69, 9.17) is 9.47 Å². The second-order valence-corrected chi connectivity index (χ2v) is 9.13. The standard InChI is InChI=1S/C34H30N2O5/c1-23-9-11-24(12-10-23)21-30(36-33(38)27-7-5-4-6-8-27)34(39)35-28-17-13-25(14-18-28)31(37)20-16-26-15-19-29(40-2)22-32(26)41-3/h4-22H,1-3H3,(H,35,39)(H,36,38)/b20-16+,30-21-. The fraction of sp³-hybridized carbons (Fsp3) is 0.0882. The highest BCUT2D eigenvalue weighted by molar-refractivity contribution is 6.11. The van der Waals surface area contributed by atoms with Crippen LogP contribution in [0.25, 0.3) is 12.2 Å². The van der Waals surface area contributed by atoms with E-state index in [0.29, 0.717) is 28.3 Å². The van der Waals surface area contributed by atoms with E-state index >= 15 is 0 Å². The van der Waals surface area contributed by atoms with E-state index in [1.807, 2.05) is 37.3 Å². The molecular formula is C34H30N2O5. The predicted molar refractivity (Wildman–Crippen MR) is 161 cm³/mol. The summed E-state index contributed by atoms with van der Waals surface area (Å²) in [5.74, 6) is 0.122. The molecule has 0 aliphatic rings. The molecule has 0 aliphatic heterocycles. The van der Waals surface area contributed by atoms with Crippen LogP contribution < -0.4 is 20.1 Å². The van der Waals surface area contributed by atoms with Crippen LogP contribution >= 0.6 is 0 Å². The number of rotatable bonds is 10. The van der Waals surface area contributed by atoms with Crippen LogP contribution in [0.15, 0.2) is 109 Å². The molecule has 4 rings (SSSR count). The van der Waals surface area contributed by atoms with Gasteiger partial charge in [0.05, 0.1) is 14.2 Å². The number of methoxy groups -OCH3 is 2. The molecule has 0 aliphatic carbocycles. The van der Waals surface area contributed by atoms with Crippen molar-refractivity contribution in [1.82, 2.24) is 5.32 Å². The number of nitrogens with one attached hydrogen (secondary N) is 2. The zero-order chi connectivity index (χ0) is 29.2. The van der Waals surface area contributed by atoms with Gasteiger partial charge in [0.25, 0.3) is 11.8 Å². The number of allylic oxidation sites excluding steroid dienone is 1. The topological polar surface area (TPSA) is 93.7 Å². The first-order chi connectivity index (χ1) is 19.9. The Morgan fingerprint density at radius 1 is 0.756 bits per heavy atom. The largest absolute Gasteiger partial charge is 0.497 e. The van der Waals surface area contributed by atoms with Gasteiger partial charge in [0.1, 0.15) is 17.2 Å². The third-order valence-electron chi connectivity index (χ3n) is 6.20. The van der Waals surface area contributed by atoms with Crippen molar-refractivity contribution in [1.29, 1.82) is 0 Å². The SMILES string of the molecule is COc1ccc(/C=C/C(=O)c2ccc(NC(=O)/C(=C/c3ccc(C)cc3)NC(=O)c3ccccc3)cc2)c(OC)c1. The Kier molecular flexibility index (Phi) is 9.46. The highest BCUT2D eigenvalue weighted by atomic mass is 16.5. The Morgan fingerprint density at radius 3 is 2.12 bits per heavy atom. The fourth-order valence-electron chi connectivity index (χ4n) is 3.91. The molecule has 4 aromatic carbocycles. The number of hydrogen-bond donors (Lipinski definition) is 2. The molecule has 0 saturated heterocycles. The van der Waals surface area contributed by atoms with E-state index in [2.05, 4.69) is 10.6 Å². The summed E-state index contributed by atoms with van der Waals surface area (Å²) in [6.07, 6.45) is 4.75. The van der Waals surface area contributed by atoms with Crippen molar-refractivity contribution in [3.8, 4) is 11.5 Å². The number of amides is 2. The molecule has 0 fully saturated rings. The van der Waals surface area contributed by atoms with Gasteiger partial charge in [-0.25, -0.2) is 0 Å². The van der Waals surface area contributed by atoms with Crippen LogP contribution in [0.1, 0.15) is 37.4 Å². The van der Waals surface area contributed by atoms with Gasteiger partial charge in [-0.15, -0.1) is 0 Å². The normalized spacial score (nSPS) is 11.1. The van der Waals surface area contributed by atoms with Crippen LogP contribution in [0.2, 0.25) is 0 Å². The Morgan fingerprint density at radius 2 is 1.46 bits per heavy atom. The van der Waals surface area contributed by atoms with Crippen LogP contribution in [-0.4, -0.2) is 31.8 Å². The number of ether oxygens (including phenoxy) is 2. The molecule has 0 saturated carbocycles. The molecular weight excluding hydrogens is 516 g/mol. The number of aryl methyl sites for hydroxylation is 1. The summed E-state index contributed by atoms with van der Waals surface area (Å²) in [4.78, 5) is 38.8. The monoisotopic (exact) mass is 546 g/mol. The quantitative estimate of drug-likeness (QED) is 0.179. The van der Waals surface area contributed by atoms with Gasteiger partial charge in [0.2, 0.25) is 0 Å². The predicted octanol–water partition coefficient (Wildman–Crippen LogP) is 6.32. The average molecular weight is 547 g/mol. The Labute approximate surface area is 239 Å². The summed E-state index contributed by atoms with van der Waals surface area (Å²) in [5, 5.41) is 5.52. The second kappa shape index (κ2) is 13.6. The smallest absolute Gasteiger partial charge is 0.272 e. The summed E-state index contributed by atoms with van der Waals surface area (Å²) in [5.41, 5.74) is 3.99. The zero-order valence-corrected chi connectivity index (χ0v) is 23.0. The van der Waals surface area contributed by atoms with Crippen LogP contribution in [0.4, 0.5) is 5.69 Å². The van der Waals surface area contributed by atoms with Gasteiger partial charge >= 0.3 is 0 Å². The summed E-state index contributed by atoms with van der Waals surface area (Å²) in [6, 6.07) is 28.1. The molecule has 0 bridgehead atoms. The number of carbonyl (C=O) groups excluding carboxylic acids is 3. The lowest BCUT2D eigenvalue weighted by Crippen LogP contribution is -2.30. The van der Waals surface area contributed by atoms with E-state index < -0.39 is 11.8 Å². The van der Waals surface area contributed by atoms with Gasteiger partial charge in [0.15, 0.2) is 5.78 Å². The molecule has 0 heterocycles. The second-order valence-electron chi connectivity index (χ2n) is 9.13. The number of benzene rings is 4. The van der Waals surface area contributed by atoms with Crippen LogP contribution in [0, 0.1) is 6.92 Å². The summed E-state index contributed by atoms with van der Waals surface area (Å²) in [6.45, 7) is 1.97. The van der Waals surface area contributed by atoms with Crippen molar-refractivity contribution in [3.63, 3.8) is 0 Å². The molecule has 2 amide bonds. The lowest BCUT2D eigenvalue weighted by molar-refractivity contribution is -0.113. The van der Waals surface area contributed by atoms with Gasteiger partial charge in [-0.3, -0.25) is 14.4 Å². The van der Waals surface area contributed by atoms with E-state index in [-0.39, 0.29) is 11.5 Å². The lowest BCUT2D eigenvalue weighted by Gasteiger charge is -2.12. The molecule has 0 atom stereocenters. The zero-order valence-electron chi connectivity index (χ0n) is 23.0. The molecule has 0 spiro atoms. The van der Waals surface area contributed by atoms with Crippen molar-refractivity contribution in [2.75, 3.05) is 19.5 Å². The third kappa shape index (κ3) is 7.80. The molecule has 7 nitrogen and oxygen atoms in total. The molecule has 4 aromatic rings. The number of anilines is 1. The molecule has 7 heteroatoms. The summed E-state index contributed by atoms with van der Waals surface area (Å²) < 4.78 is 10.6. The van der Waals surface area contributed by atoms with Crippen molar-refractivity contribution >= 4 is 35.4 Å². The van der Waals surface area contributed by atoms with Crippen molar-refractivity contribution in [3.05, 3.63) is 137 Å². The molecule has 0 aromatic heterocycles. The first kappa shape index (κ1) is 28.6. The number of carbonyl (C=O) groups is 3. The first-order valence-electron chi connectivity index (χ1n) is 12.9. The maximum absolute atomic E-state index is 13.2. The van der Waals surface area contributed by atoms with E-state index in [1.165, 1.54) is 6.08 Å². The minimum atomic E-state index is -0.500. The summed E-state index contributed by atoms with van der Waals surface area (Å²) >= 11 is 0. The van der Waals surface area contributed by atoms with Crippen molar-refractivity contribution in [2.45, 2.75) is 6.92 Å². The molecule has 2 N–H and O–H groups in total. The fourth-order valence-corrected chi connectivity index (χ4v) is 3.91. The van der Waals surface area contributed by atoms with Crippen molar-refractivity contribution in [2.24, 2.45) is 0 Å². The van der Waals surface area contributed by atoms with Gasteiger partial charge in [0, 0.05) is 28.4 Å². The number of hydrogen-bond acceptors (Lipinski definition) is 5. The summed E-state index contributed by atoms with van der Waals surface area (Å²) in [7, 11) is 3.12. The third-order valence-corrected chi connectivity index (χ3v) is 6.20. The average Bonchev–Trinajstić information content (AvgIpc) is 3.01. The van der Waals surface area contributed by atoms with E-state index in [0.717, 1.165) is 16.7 Å². The lowest BCUT2D eigenvalue weighted by atomic mass is 10.1. The van der Waals surface area contributed by atoms with E-state index in [1.54, 1.807) is 93.1 Å². The highest BCUT2D eigenvalue weighted by Gasteiger charge is 2.15. The Hall–Kier alpha value is -5.43. The van der Waals surface area contributed by atoms with Crippen molar-refractivity contribution < 1.29 is 23.9 Å². The first-order valence-corrected chi connectivity index (χ1v) is 12.9. The maximum Gasteiger partial charge on any atom is 0.272 e. The van der Waals surface area contributed by atoms with Crippen LogP contribution in [-0.2, 0) is 4.79 Å². The number of ketones is 1. The van der Waals surface area contributed by atoms with E-state index in [9.17, 15) is 14.4 Å². The van der Waals surface area contributed by atoms with Crippen LogP contribution in [0.5, 0.6) is 11.5 Å². The highest BCUT2D eigenvalue weighted by Crippen LogP contribution is 2.26. The van der Waals surface area contributed by atoms with Crippen LogP contribution in [0.3, 0.4) is 0 Å². The van der Waals surface area contributed by atoms with Gasteiger partial charge in [-0.1, -0.05) is 48.0 Å². The minimum Gasteiger partial charge on any atom is -0.497 e. The minimum absolute atomic E-state index is 0.0826. The molecule has 41 heavy (non-hydrogen) atoms. The molecule has 0 radical (unpaired) electrons. The Bertz CT molecular complexity index is 1590. The Balaban J connectivity index is 1.48. The molecule has 0 unspecified atom stereocenters. The maximum atomic E-state index is 13.2. The van der Waals surface area contributed by atoms with Gasteiger partial charge in [-0.2, -0.15) is 0 Å². The molecule has 206 valence electrons. The van der Waals surface area contributed by atoms with Gasteiger partial charge in [-0.05, 0) is 79.2 Å².